The van der Waals surface area contributed by atoms with Crippen LogP contribution in [0.3, 0.4) is 0 Å². The lowest BCUT2D eigenvalue weighted by Gasteiger charge is -2.17. The van der Waals surface area contributed by atoms with Gasteiger partial charge in [-0.1, -0.05) is 54.6 Å². The third-order valence-electron chi connectivity index (χ3n) is 13.8. The Bertz CT molecular complexity index is 3040. The van der Waals surface area contributed by atoms with Crippen LogP contribution in [0.2, 0.25) is 0 Å². The van der Waals surface area contributed by atoms with E-state index >= 15 is 4.39 Å². The van der Waals surface area contributed by atoms with Crippen molar-refractivity contribution in [2.45, 2.75) is 83.0 Å². The highest BCUT2D eigenvalue weighted by Gasteiger charge is 2.46. The van der Waals surface area contributed by atoms with Crippen molar-refractivity contribution < 1.29 is 56.6 Å². The van der Waals surface area contributed by atoms with Crippen LogP contribution < -0.4 is 23.7 Å². The lowest BCUT2D eigenvalue weighted by atomic mass is 10.1. The molecular formula is C61H56F2O10. The number of hydrogen-bond acceptors (Lipinski definition) is 10. The molecule has 374 valence electrons. The van der Waals surface area contributed by atoms with E-state index in [0.29, 0.717) is 91.1 Å². The van der Waals surface area contributed by atoms with Gasteiger partial charge >= 0.3 is 11.9 Å². The summed E-state index contributed by atoms with van der Waals surface area (Å²) >= 11 is 0. The molecule has 0 saturated heterocycles. The lowest BCUT2D eigenvalue weighted by molar-refractivity contribution is -0.145. The van der Waals surface area contributed by atoms with Crippen LogP contribution in [0.4, 0.5) is 8.78 Å². The fourth-order valence-corrected chi connectivity index (χ4v) is 9.89. The predicted molar refractivity (Wildman–Crippen MR) is 269 cm³/mol. The zero-order valence-corrected chi connectivity index (χ0v) is 40.6. The van der Waals surface area contributed by atoms with E-state index in [2.05, 4.69) is 0 Å². The number of benzene rings is 7. The molecule has 4 aliphatic rings. The van der Waals surface area contributed by atoms with Crippen LogP contribution in [0.15, 0.2) is 152 Å². The first-order chi connectivity index (χ1) is 35.6. The minimum Gasteiger partial charge on any atom is -0.508 e. The standard InChI is InChI=1S/C34H31FO5.C27H25FO5/c1-2-37-34(36)29-20-28(29)23-8-10-25(11-9-23)40-32-18-16-27-31(19-17-30(35)33(27)32)39-26-14-12-24(13-15-26)38-21-22-6-4-3-5-7-22;1-2-31-27(30)22-15-21(22)16-3-7-18(8-4-16)33-25-13-11-20-24(14-12-23(28)26(20)25)32-19-9-5-17(29)6-10-19/h3-15,17,19,28-29,32H,2,16,18,20-21H2,1H3;3-10,12,14,21-22,25,29H,2,11,13,15H2,1H3/t28-,29+,32-;21-,22+,25-/m11/s1. The van der Waals surface area contributed by atoms with Gasteiger partial charge in [0, 0.05) is 22.3 Å². The molecule has 11 rings (SSSR count). The Hall–Kier alpha value is -7.86. The van der Waals surface area contributed by atoms with Crippen molar-refractivity contribution in [3.63, 3.8) is 0 Å². The van der Waals surface area contributed by atoms with Crippen molar-refractivity contribution in [3.05, 3.63) is 202 Å². The smallest absolute Gasteiger partial charge is 0.309 e. The first-order valence-electron chi connectivity index (χ1n) is 25.0. The molecule has 7 aromatic rings. The first kappa shape index (κ1) is 48.8. The average molecular weight is 987 g/mol. The maximum atomic E-state index is 15.0. The summed E-state index contributed by atoms with van der Waals surface area (Å²) in [5.74, 6) is 4.11. The molecule has 0 aromatic heterocycles. The Kier molecular flexibility index (Phi) is 14.6. The highest BCUT2D eigenvalue weighted by Crippen LogP contribution is 2.50. The van der Waals surface area contributed by atoms with Gasteiger partial charge in [0.2, 0.25) is 0 Å². The topological polar surface area (TPSA) is 119 Å². The van der Waals surface area contributed by atoms with Gasteiger partial charge in [-0.25, -0.2) is 8.78 Å². The number of halogens is 2. The van der Waals surface area contributed by atoms with Crippen molar-refractivity contribution in [3.8, 4) is 46.0 Å². The zero-order valence-electron chi connectivity index (χ0n) is 40.6. The maximum absolute atomic E-state index is 15.0. The van der Waals surface area contributed by atoms with Crippen molar-refractivity contribution in [2.75, 3.05) is 13.2 Å². The van der Waals surface area contributed by atoms with E-state index in [-0.39, 0.29) is 53.0 Å². The molecule has 0 radical (unpaired) electrons. The molecule has 2 fully saturated rings. The molecular weight excluding hydrogens is 931 g/mol. The molecule has 0 unspecified atom stereocenters. The van der Waals surface area contributed by atoms with E-state index in [1.807, 2.05) is 117 Å². The minimum atomic E-state index is -0.401. The van der Waals surface area contributed by atoms with Crippen molar-refractivity contribution in [1.29, 1.82) is 0 Å². The van der Waals surface area contributed by atoms with Crippen LogP contribution in [-0.4, -0.2) is 30.3 Å². The second kappa shape index (κ2) is 21.9. The first-order valence-corrected chi connectivity index (χ1v) is 25.0. The van der Waals surface area contributed by atoms with Gasteiger partial charge in [-0.15, -0.1) is 0 Å². The summed E-state index contributed by atoms with van der Waals surface area (Å²) < 4.78 is 70.4. The molecule has 7 aromatic carbocycles. The molecule has 4 aliphatic carbocycles. The van der Waals surface area contributed by atoms with Crippen LogP contribution in [0.1, 0.15) is 103 Å². The van der Waals surface area contributed by atoms with Gasteiger partial charge in [0.05, 0.1) is 25.0 Å². The fraction of sp³-hybridized carbons (Fsp3) is 0.279. The Balaban J connectivity index is 0.000000171. The Morgan fingerprint density at radius 3 is 1.40 bits per heavy atom. The third kappa shape index (κ3) is 11.4. The SMILES string of the molecule is CCOC(=O)[C@H]1C[C@@H]1c1ccc(O[C@@H]2CCc3c(Oc4ccc(O)cc4)ccc(F)c32)cc1.CCOC(=O)[C@H]1C[C@@H]1c1ccc(O[C@@H]2CCc3c(Oc4ccc(OCc5ccccc5)cc4)ccc(F)c32)cc1. The van der Waals surface area contributed by atoms with Crippen LogP contribution in [-0.2, 0) is 38.5 Å². The Morgan fingerprint density at radius 2 is 0.945 bits per heavy atom. The van der Waals surface area contributed by atoms with Gasteiger partial charge in [-0.3, -0.25) is 9.59 Å². The van der Waals surface area contributed by atoms with E-state index < -0.39 is 12.2 Å². The number of fused-ring (bicyclic) bond motifs is 2. The van der Waals surface area contributed by atoms with Gasteiger partial charge in [0.25, 0.3) is 0 Å². The molecule has 10 nitrogen and oxygen atoms in total. The number of aromatic hydroxyl groups is 1. The number of ether oxygens (including phenoxy) is 7. The van der Waals surface area contributed by atoms with E-state index in [0.717, 1.165) is 46.4 Å². The molecule has 0 heterocycles. The summed E-state index contributed by atoms with van der Waals surface area (Å²) in [6.45, 7) is 4.92. The number of esters is 2. The van der Waals surface area contributed by atoms with Gasteiger partial charge in [-0.05, 0) is 178 Å². The molecule has 0 amide bonds. The van der Waals surface area contributed by atoms with Crippen LogP contribution >= 0.6 is 0 Å². The van der Waals surface area contributed by atoms with Gasteiger partial charge in [-0.2, -0.15) is 0 Å². The van der Waals surface area contributed by atoms with Crippen LogP contribution in [0.25, 0.3) is 0 Å². The number of carbonyl (C=O) groups excluding carboxylic acids is 2. The Labute approximate surface area is 423 Å². The van der Waals surface area contributed by atoms with Crippen molar-refractivity contribution in [2.24, 2.45) is 11.8 Å². The van der Waals surface area contributed by atoms with Crippen LogP contribution in [0, 0.1) is 23.5 Å². The summed E-state index contributed by atoms with van der Waals surface area (Å²) in [5.41, 5.74) is 6.00. The van der Waals surface area contributed by atoms with Gasteiger partial charge < -0.3 is 38.3 Å². The summed E-state index contributed by atoms with van der Waals surface area (Å²) in [6, 6.07) is 45.5. The number of carbonyl (C=O) groups is 2. The summed E-state index contributed by atoms with van der Waals surface area (Å²) in [6.07, 6.45) is 3.44. The zero-order chi connectivity index (χ0) is 50.4. The predicted octanol–water partition coefficient (Wildman–Crippen LogP) is 14.0. The molecule has 0 aliphatic heterocycles. The highest BCUT2D eigenvalue weighted by molar-refractivity contribution is 5.78. The molecule has 0 spiro atoms. The van der Waals surface area contributed by atoms with Crippen LogP contribution in [0.5, 0.6) is 46.0 Å². The number of hydrogen-bond donors (Lipinski definition) is 1. The number of rotatable bonds is 17. The quantitative estimate of drug-likeness (QED) is 0.0883. The maximum Gasteiger partial charge on any atom is 0.309 e. The third-order valence-corrected chi connectivity index (χ3v) is 13.8. The molecule has 6 atom stereocenters. The highest BCUT2D eigenvalue weighted by atomic mass is 19.1. The summed E-state index contributed by atoms with van der Waals surface area (Å²) in [5, 5.41) is 9.46. The molecule has 12 heteroatoms. The van der Waals surface area contributed by atoms with E-state index in [1.54, 1.807) is 36.4 Å². The number of phenols is 1. The lowest BCUT2D eigenvalue weighted by Crippen LogP contribution is -2.07. The minimum absolute atomic E-state index is 0.0560. The van der Waals surface area contributed by atoms with Gasteiger partial charge in [0.15, 0.2) is 0 Å². The average Bonchev–Trinajstić information content (AvgIpc) is 4.31. The van der Waals surface area contributed by atoms with Crippen molar-refractivity contribution >= 4 is 11.9 Å². The number of phenolic OH excluding ortho intramolecular Hbond substituents is 1. The molecule has 1 N–H and O–H groups in total. The molecule has 2 saturated carbocycles. The largest absolute Gasteiger partial charge is 0.508 e. The van der Waals surface area contributed by atoms with Crippen molar-refractivity contribution in [1.82, 2.24) is 0 Å². The van der Waals surface area contributed by atoms with Gasteiger partial charge in [0.1, 0.15) is 76.4 Å². The Morgan fingerprint density at radius 1 is 0.521 bits per heavy atom. The summed E-state index contributed by atoms with van der Waals surface area (Å²) in [4.78, 5) is 23.9. The summed E-state index contributed by atoms with van der Waals surface area (Å²) in [7, 11) is 0. The second-order valence-electron chi connectivity index (χ2n) is 18.6. The normalized spacial score (nSPS) is 19.8. The monoisotopic (exact) mass is 986 g/mol. The molecule has 73 heavy (non-hydrogen) atoms. The molecule has 0 bridgehead atoms. The van der Waals surface area contributed by atoms with E-state index in [9.17, 15) is 19.1 Å². The second-order valence-corrected chi connectivity index (χ2v) is 18.6. The van der Waals surface area contributed by atoms with E-state index in [4.69, 9.17) is 33.2 Å². The van der Waals surface area contributed by atoms with E-state index in [1.165, 1.54) is 12.1 Å². The fourth-order valence-electron chi connectivity index (χ4n) is 9.89.